The number of hydrogen-bond donors (Lipinski definition) is 2. The molecule has 9 heteroatoms. The molecule has 0 aromatic heterocycles. The molecule has 2 N–H and O–H groups in total. The topological polar surface area (TPSA) is 128 Å². The van der Waals surface area contributed by atoms with E-state index in [1.165, 1.54) is 19.1 Å². The van der Waals surface area contributed by atoms with Crippen molar-refractivity contribution in [3.63, 3.8) is 0 Å². The fraction of sp³-hybridized carbons (Fsp3) is 0.167. The molecule has 2 aromatic rings. The first-order valence-electron chi connectivity index (χ1n) is 7.93. The summed E-state index contributed by atoms with van der Waals surface area (Å²) in [7, 11) is 0. The van der Waals surface area contributed by atoms with E-state index >= 15 is 0 Å². The lowest BCUT2D eigenvalue weighted by Crippen LogP contribution is -2.44. The second kappa shape index (κ2) is 9.09. The number of urea groups is 1. The van der Waals surface area contributed by atoms with Crippen molar-refractivity contribution >= 4 is 23.9 Å². The number of benzene rings is 2. The van der Waals surface area contributed by atoms with Crippen LogP contribution in [-0.4, -0.2) is 29.3 Å². The summed E-state index contributed by atoms with van der Waals surface area (Å²) in [6.07, 6.45) is -0.711. The van der Waals surface area contributed by atoms with Crippen LogP contribution in [0.1, 0.15) is 22.8 Å². The van der Waals surface area contributed by atoms with E-state index in [1.807, 2.05) is 30.3 Å². The third-order valence-corrected chi connectivity index (χ3v) is 3.52. The van der Waals surface area contributed by atoms with Crippen LogP contribution in [0.15, 0.2) is 48.5 Å². The third-order valence-electron chi connectivity index (χ3n) is 3.52. The zero-order valence-corrected chi connectivity index (χ0v) is 14.4. The number of carbonyl (C=O) groups is 3. The summed E-state index contributed by atoms with van der Waals surface area (Å²) < 4.78 is 5.28. The van der Waals surface area contributed by atoms with Gasteiger partial charge in [0.05, 0.1) is 4.92 Å². The van der Waals surface area contributed by atoms with E-state index in [-0.39, 0.29) is 17.9 Å². The number of imide groups is 1. The lowest BCUT2D eigenvalue weighted by Gasteiger charge is -2.14. The largest absolute Gasteiger partial charge is 0.474 e. The molecule has 3 amide bonds. The number of carbonyl (C=O) groups excluding carboxylic acids is 3. The van der Waals surface area contributed by atoms with Crippen LogP contribution in [0.3, 0.4) is 0 Å². The molecule has 0 aliphatic carbocycles. The van der Waals surface area contributed by atoms with Crippen molar-refractivity contribution in [1.29, 1.82) is 0 Å². The maximum Gasteiger partial charge on any atom is 0.321 e. The van der Waals surface area contributed by atoms with Crippen molar-refractivity contribution in [2.45, 2.75) is 19.6 Å². The standard InChI is InChI=1S/C18H17N3O6/c1-12(27-16-8-7-14(11-22)9-15(16)21(25)26)17(23)20-18(24)19-10-13-5-3-2-4-6-13/h2-9,11-12H,10H2,1H3,(H2,19,20,23,24)/t12-/m0/s1. The van der Waals surface area contributed by atoms with Gasteiger partial charge in [-0.3, -0.25) is 25.0 Å². The van der Waals surface area contributed by atoms with Crippen molar-refractivity contribution in [3.05, 3.63) is 69.8 Å². The van der Waals surface area contributed by atoms with E-state index in [0.29, 0.717) is 6.29 Å². The highest BCUT2D eigenvalue weighted by Gasteiger charge is 2.22. The van der Waals surface area contributed by atoms with E-state index in [2.05, 4.69) is 10.6 Å². The maximum absolute atomic E-state index is 12.1. The van der Waals surface area contributed by atoms with Crippen molar-refractivity contribution in [2.75, 3.05) is 0 Å². The number of aldehydes is 1. The molecule has 2 aromatic carbocycles. The molecule has 0 aliphatic rings. The highest BCUT2D eigenvalue weighted by molar-refractivity contribution is 5.96. The predicted octanol–water partition coefficient (Wildman–Crippen LogP) is 2.20. The minimum absolute atomic E-state index is 0.103. The Hall–Kier alpha value is -3.75. The minimum Gasteiger partial charge on any atom is -0.474 e. The SMILES string of the molecule is C[C@H](Oc1ccc(C=O)cc1[N+](=O)[O-])C(=O)NC(=O)NCc1ccccc1. The van der Waals surface area contributed by atoms with Gasteiger partial charge in [0.15, 0.2) is 11.9 Å². The number of nitrogens with one attached hydrogen (secondary N) is 2. The predicted molar refractivity (Wildman–Crippen MR) is 95.4 cm³/mol. The quantitative estimate of drug-likeness (QED) is 0.436. The lowest BCUT2D eigenvalue weighted by molar-refractivity contribution is -0.386. The first-order chi connectivity index (χ1) is 12.9. The Morgan fingerprint density at radius 3 is 2.56 bits per heavy atom. The summed E-state index contributed by atoms with van der Waals surface area (Å²) in [4.78, 5) is 44.9. The Bertz CT molecular complexity index is 853. The number of nitrogens with zero attached hydrogens (tertiary/aromatic N) is 1. The molecule has 0 saturated carbocycles. The van der Waals surface area contributed by atoms with E-state index in [1.54, 1.807) is 0 Å². The van der Waals surface area contributed by atoms with Gasteiger partial charge < -0.3 is 10.1 Å². The Morgan fingerprint density at radius 1 is 1.22 bits per heavy atom. The number of nitro groups is 1. The van der Waals surface area contributed by atoms with Crippen molar-refractivity contribution in [2.24, 2.45) is 0 Å². The van der Waals surface area contributed by atoms with E-state index in [9.17, 15) is 24.5 Å². The molecule has 2 rings (SSSR count). The second-order valence-electron chi connectivity index (χ2n) is 5.52. The molecule has 140 valence electrons. The summed E-state index contributed by atoms with van der Waals surface area (Å²) in [5, 5.41) is 15.7. The molecule has 0 heterocycles. The first kappa shape index (κ1) is 19.6. The molecule has 9 nitrogen and oxygen atoms in total. The number of amides is 3. The van der Waals surface area contributed by atoms with Gasteiger partial charge in [0.25, 0.3) is 5.91 Å². The summed E-state index contributed by atoms with van der Waals surface area (Å²) in [6.45, 7) is 1.57. The Morgan fingerprint density at radius 2 is 1.93 bits per heavy atom. The Labute approximate surface area is 154 Å². The molecule has 0 unspecified atom stereocenters. The number of rotatable bonds is 7. The maximum atomic E-state index is 12.1. The molecule has 1 atom stereocenters. The van der Waals surface area contributed by atoms with Gasteiger partial charge in [0, 0.05) is 18.2 Å². The van der Waals surface area contributed by atoms with Gasteiger partial charge in [-0.15, -0.1) is 0 Å². The van der Waals surface area contributed by atoms with E-state index < -0.39 is 28.7 Å². The second-order valence-corrected chi connectivity index (χ2v) is 5.52. The van der Waals surface area contributed by atoms with Crippen LogP contribution in [0.5, 0.6) is 5.75 Å². The summed E-state index contributed by atoms with van der Waals surface area (Å²) >= 11 is 0. The lowest BCUT2D eigenvalue weighted by atomic mass is 10.2. The highest BCUT2D eigenvalue weighted by Crippen LogP contribution is 2.28. The van der Waals surface area contributed by atoms with Crippen LogP contribution in [0, 0.1) is 10.1 Å². The normalized spacial score (nSPS) is 11.1. The van der Waals surface area contributed by atoms with Crippen LogP contribution in [0.25, 0.3) is 0 Å². The highest BCUT2D eigenvalue weighted by atomic mass is 16.6. The van der Waals surface area contributed by atoms with Crippen LogP contribution < -0.4 is 15.4 Å². The molecule has 0 aliphatic heterocycles. The summed E-state index contributed by atoms with van der Waals surface area (Å²) in [5.74, 6) is -0.952. The van der Waals surface area contributed by atoms with Gasteiger partial charge in [0.2, 0.25) is 0 Å². The average Bonchev–Trinajstić information content (AvgIpc) is 2.67. The van der Waals surface area contributed by atoms with E-state index in [4.69, 9.17) is 4.74 Å². The number of hydrogen-bond acceptors (Lipinski definition) is 6. The first-order valence-corrected chi connectivity index (χ1v) is 7.93. The van der Waals surface area contributed by atoms with Crippen LogP contribution >= 0.6 is 0 Å². The zero-order valence-electron chi connectivity index (χ0n) is 14.4. The van der Waals surface area contributed by atoms with Crippen molar-refractivity contribution in [1.82, 2.24) is 10.6 Å². The fourth-order valence-electron chi connectivity index (χ4n) is 2.13. The summed E-state index contributed by atoms with van der Waals surface area (Å²) in [5.41, 5.74) is 0.509. The average molecular weight is 371 g/mol. The molecule has 0 fully saturated rings. The molecule has 0 saturated heterocycles. The molecule has 0 spiro atoms. The number of nitro benzene ring substituents is 1. The molecular weight excluding hydrogens is 354 g/mol. The van der Waals surface area contributed by atoms with Crippen LogP contribution in [0.4, 0.5) is 10.5 Å². The fourth-order valence-corrected chi connectivity index (χ4v) is 2.13. The smallest absolute Gasteiger partial charge is 0.321 e. The number of ether oxygens (including phenoxy) is 1. The van der Waals surface area contributed by atoms with Gasteiger partial charge in [-0.05, 0) is 24.6 Å². The van der Waals surface area contributed by atoms with Crippen LogP contribution in [0.2, 0.25) is 0 Å². The molecule has 27 heavy (non-hydrogen) atoms. The molecular formula is C18H17N3O6. The van der Waals surface area contributed by atoms with Gasteiger partial charge >= 0.3 is 11.7 Å². The molecule has 0 radical (unpaired) electrons. The Kier molecular flexibility index (Phi) is 6.59. The zero-order chi connectivity index (χ0) is 19.8. The van der Waals surface area contributed by atoms with Gasteiger partial charge in [-0.1, -0.05) is 30.3 Å². The van der Waals surface area contributed by atoms with Crippen molar-refractivity contribution < 1.29 is 24.0 Å². The van der Waals surface area contributed by atoms with Gasteiger partial charge in [-0.2, -0.15) is 0 Å². The third kappa shape index (κ3) is 5.63. The Balaban J connectivity index is 1.94. The van der Waals surface area contributed by atoms with Gasteiger partial charge in [-0.25, -0.2) is 4.79 Å². The van der Waals surface area contributed by atoms with Crippen molar-refractivity contribution in [3.8, 4) is 5.75 Å². The monoisotopic (exact) mass is 371 g/mol. The molecule has 0 bridgehead atoms. The summed E-state index contributed by atoms with van der Waals surface area (Å²) in [6, 6.07) is 12.0. The minimum atomic E-state index is -1.17. The van der Waals surface area contributed by atoms with Gasteiger partial charge in [0.1, 0.15) is 6.29 Å². The van der Waals surface area contributed by atoms with E-state index in [0.717, 1.165) is 11.6 Å². The van der Waals surface area contributed by atoms with Crippen LogP contribution in [-0.2, 0) is 11.3 Å².